The van der Waals surface area contributed by atoms with Crippen molar-refractivity contribution in [3.63, 3.8) is 0 Å². The van der Waals surface area contributed by atoms with Crippen LogP contribution < -0.4 is 9.47 Å². The van der Waals surface area contributed by atoms with Gasteiger partial charge in [0, 0.05) is 17.8 Å². The predicted molar refractivity (Wildman–Crippen MR) is 91.5 cm³/mol. The Kier molecular flexibility index (Phi) is 6.27. The van der Waals surface area contributed by atoms with Crippen LogP contribution in [0, 0.1) is 0 Å². The molecule has 1 aromatic carbocycles. The molecule has 0 aliphatic carbocycles. The molecule has 0 aliphatic rings. The topological polar surface area (TPSA) is 23.4 Å². The second-order valence-corrected chi connectivity index (χ2v) is 6.15. The van der Waals surface area contributed by atoms with Crippen LogP contribution in [0.1, 0.15) is 43.7 Å². The van der Waals surface area contributed by atoms with Crippen molar-refractivity contribution >= 4 is 11.6 Å². The fraction of sp³-hybridized carbons (Fsp3) is 0.444. The van der Waals surface area contributed by atoms with Crippen molar-refractivity contribution in [2.75, 3.05) is 7.11 Å². The Hall–Kier alpha value is -1.82. The Balaban J connectivity index is 2.25. The maximum absolute atomic E-state index is 12.3. The zero-order valence-electron chi connectivity index (χ0n) is 14.4. The third-order valence-electron chi connectivity index (χ3n) is 4.15. The number of rotatable bonds is 7. The van der Waals surface area contributed by atoms with Crippen LogP contribution in [-0.2, 0) is 6.54 Å². The third kappa shape index (κ3) is 5.08. The fourth-order valence-corrected chi connectivity index (χ4v) is 3.07. The van der Waals surface area contributed by atoms with Gasteiger partial charge >= 0.3 is 6.36 Å². The van der Waals surface area contributed by atoms with Gasteiger partial charge in [-0.25, -0.2) is 0 Å². The van der Waals surface area contributed by atoms with E-state index in [-0.39, 0.29) is 5.75 Å². The highest BCUT2D eigenvalue weighted by Gasteiger charge is 2.31. The highest BCUT2D eigenvalue weighted by Crippen LogP contribution is 2.32. The van der Waals surface area contributed by atoms with Crippen molar-refractivity contribution in [2.45, 2.75) is 45.5 Å². The summed E-state index contributed by atoms with van der Waals surface area (Å²) in [5.41, 5.74) is 1.87. The average molecular weight is 376 g/mol. The zero-order chi connectivity index (χ0) is 18.6. The van der Waals surface area contributed by atoms with Crippen molar-refractivity contribution in [3.8, 4) is 11.5 Å². The van der Waals surface area contributed by atoms with Crippen LogP contribution in [0.15, 0.2) is 30.5 Å². The first-order chi connectivity index (χ1) is 11.8. The molecule has 0 fully saturated rings. The van der Waals surface area contributed by atoms with Crippen LogP contribution in [0.2, 0.25) is 5.15 Å². The Labute approximate surface area is 150 Å². The second-order valence-electron chi connectivity index (χ2n) is 5.76. The summed E-state index contributed by atoms with van der Waals surface area (Å²) < 4.78 is 48.0. The molecule has 1 aromatic heterocycles. The monoisotopic (exact) mass is 375 g/mol. The summed E-state index contributed by atoms with van der Waals surface area (Å²) in [6.07, 6.45) is -0.715. The summed E-state index contributed by atoms with van der Waals surface area (Å²) in [6, 6.07) is 5.98. The predicted octanol–water partition coefficient (Wildman–Crippen LogP) is 6.00. The van der Waals surface area contributed by atoms with Crippen molar-refractivity contribution in [1.29, 1.82) is 0 Å². The minimum absolute atomic E-state index is 0.315. The van der Waals surface area contributed by atoms with Gasteiger partial charge in [0.05, 0.1) is 13.7 Å². The Bertz CT molecular complexity index is 709. The largest absolute Gasteiger partial charge is 0.573 e. The number of benzene rings is 1. The van der Waals surface area contributed by atoms with E-state index >= 15 is 0 Å². The second kappa shape index (κ2) is 8.04. The summed E-state index contributed by atoms with van der Waals surface area (Å²) in [5.74, 6) is 0.434. The van der Waals surface area contributed by atoms with Gasteiger partial charge in [0.2, 0.25) is 0 Å². The van der Waals surface area contributed by atoms with Crippen LogP contribution in [-0.4, -0.2) is 18.0 Å². The Morgan fingerprint density at radius 1 is 1.16 bits per heavy atom. The first-order valence-corrected chi connectivity index (χ1v) is 8.43. The van der Waals surface area contributed by atoms with Gasteiger partial charge in [-0.15, -0.1) is 13.2 Å². The lowest BCUT2D eigenvalue weighted by Crippen LogP contribution is -2.17. The molecule has 0 bridgehead atoms. The van der Waals surface area contributed by atoms with E-state index in [1.165, 1.54) is 19.2 Å². The molecule has 0 radical (unpaired) electrons. The van der Waals surface area contributed by atoms with Gasteiger partial charge in [-0.05, 0) is 42.5 Å². The number of aromatic nitrogens is 1. The van der Waals surface area contributed by atoms with E-state index in [4.69, 9.17) is 16.3 Å². The van der Waals surface area contributed by atoms with Crippen LogP contribution >= 0.6 is 11.6 Å². The van der Waals surface area contributed by atoms with Gasteiger partial charge < -0.3 is 14.0 Å². The molecule has 0 aliphatic heterocycles. The molecular weight excluding hydrogens is 355 g/mol. The summed E-state index contributed by atoms with van der Waals surface area (Å²) in [6.45, 7) is 4.65. The number of halogens is 4. The van der Waals surface area contributed by atoms with E-state index in [0.29, 0.717) is 28.9 Å². The van der Waals surface area contributed by atoms with E-state index in [9.17, 15) is 13.2 Å². The third-order valence-corrected chi connectivity index (χ3v) is 4.48. The molecule has 138 valence electrons. The van der Waals surface area contributed by atoms with Crippen LogP contribution in [0.25, 0.3) is 0 Å². The lowest BCUT2D eigenvalue weighted by atomic mass is 9.97. The molecule has 0 N–H and O–H groups in total. The standard InChI is InChI=1S/C18H21ClF3NO2/c1-4-12(5-2)14-8-17(19)23(11-14)10-13-6-7-15(9-16(13)24-3)25-18(20,21)22/h6-9,11-12H,4-5,10H2,1-3H3. The molecule has 0 unspecified atom stereocenters. The summed E-state index contributed by atoms with van der Waals surface area (Å²) in [4.78, 5) is 0. The van der Waals surface area contributed by atoms with Crippen molar-refractivity contribution < 1.29 is 22.6 Å². The van der Waals surface area contributed by atoms with Gasteiger partial charge in [0.15, 0.2) is 0 Å². The van der Waals surface area contributed by atoms with Crippen molar-refractivity contribution in [2.24, 2.45) is 0 Å². The molecule has 0 saturated heterocycles. The number of alkyl halides is 3. The molecule has 3 nitrogen and oxygen atoms in total. The maximum Gasteiger partial charge on any atom is 0.573 e. The molecule has 0 atom stereocenters. The highest BCUT2D eigenvalue weighted by molar-refractivity contribution is 6.29. The SMILES string of the molecule is CCC(CC)c1cc(Cl)n(Cc2ccc(OC(F)(F)F)cc2OC)c1. The molecule has 2 aromatic rings. The van der Waals surface area contributed by atoms with Crippen LogP contribution in [0.3, 0.4) is 0 Å². The van der Waals surface area contributed by atoms with Gasteiger partial charge in [0.25, 0.3) is 0 Å². The molecule has 2 rings (SSSR count). The fourth-order valence-electron chi connectivity index (χ4n) is 2.84. The lowest BCUT2D eigenvalue weighted by Gasteiger charge is -2.14. The number of methoxy groups -OCH3 is 1. The lowest BCUT2D eigenvalue weighted by molar-refractivity contribution is -0.274. The van der Waals surface area contributed by atoms with Crippen molar-refractivity contribution in [3.05, 3.63) is 46.7 Å². The van der Waals surface area contributed by atoms with Gasteiger partial charge in [0.1, 0.15) is 16.7 Å². The van der Waals surface area contributed by atoms with E-state index in [1.54, 1.807) is 6.07 Å². The Morgan fingerprint density at radius 3 is 2.40 bits per heavy atom. The maximum atomic E-state index is 12.3. The molecule has 0 amide bonds. The Morgan fingerprint density at radius 2 is 1.84 bits per heavy atom. The molecule has 25 heavy (non-hydrogen) atoms. The summed E-state index contributed by atoms with van der Waals surface area (Å²) in [7, 11) is 1.41. The number of ether oxygens (including phenoxy) is 2. The number of hydrogen-bond acceptors (Lipinski definition) is 2. The van der Waals surface area contributed by atoms with Gasteiger partial charge in [-0.3, -0.25) is 0 Å². The molecule has 0 spiro atoms. The smallest absolute Gasteiger partial charge is 0.496 e. The average Bonchev–Trinajstić information content (AvgIpc) is 2.89. The first-order valence-electron chi connectivity index (χ1n) is 8.05. The molecule has 1 heterocycles. The molecular formula is C18H21ClF3NO2. The molecule has 0 saturated carbocycles. The molecule has 7 heteroatoms. The quantitative estimate of drug-likeness (QED) is 0.592. The zero-order valence-corrected chi connectivity index (χ0v) is 15.1. The highest BCUT2D eigenvalue weighted by atomic mass is 35.5. The van der Waals surface area contributed by atoms with Gasteiger partial charge in [-0.1, -0.05) is 25.4 Å². The normalized spacial score (nSPS) is 11.8. The van der Waals surface area contributed by atoms with Crippen molar-refractivity contribution in [1.82, 2.24) is 4.57 Å². The number of nitrogens with zero attached hydrogens (tertiary/aromatic N) is 1. The first kappa shape index (κ1) is 19.5. The number of hydrogen-bond donors (Lipinski definition) is 0. The minimum Gasteiger partial charge on any atom is -0.496 e. The van der Waals surface area contributed by atoms with E-state index in [2.05, 4.69) is 18.6 Å². The van der Waals surface area contributed by atoms with E-state index in [0.717, 1.165) is 18.4 Å². The summed E-state index contributed by atoms with van der Waals surface area (Å²) in [5, 5.41) is 0.583. The van der Waals surface area contributed by atoms with Gasteiger partial charge in [-0.2, -0.15) is 0 Å². The minimum atomic E-state index is -4.74. The van der Waals surface area contributed by atoms with E-state index in [1.807, 2.05) is 16.8 Å². The van der Waals surface area contributed by atoms with Crippen LogP contribution in [0.5, 0.6) is 11.5 Å². The van der Waals surface area contributed by atoms with Crippen LogP contribution in [0.4, 0.5) is 13.2 Å². The summed E-state index contributed by atoms with van der Waals surface area (Å²) >= 11 is 6.32. The van der Waals surface area contributed by atoms with E-state index < -0.39 is 6.36 Å².